The lowest BCUT2D eigenvalue weighted by Gasteiger charge is -2.21. The first kappa shape index (κ1) is 14.5. The van der Waals surface area contributed by atoms with E-state index in [1.54, 1.807) is 6.92 Å². The molecule has 1 fully saturated rings. The number of likely N-dealkylation sites (tertiary alicyclic amines) is 1. The average molecular weight is 276 g/mol. The molecule has 1 aliphatic heterocycles. The maximum absolute atomic E-state index is 11.9. The number of amides is 2. The van der Waals surface area contributed by atoms with Crippen molar-refractivity contribution in [1.82, 2.24) is 4.90 Å². The molecule has 20 heavy (non-hydrogen) atoms. The van der Waals surface area contributed by atoms with Crippen LogP contribution in [0.1, 0.15) is 31.9 Å². The molecule has 2 N–H and O–H groups in total. The summed E-state index contributed by atoms with van der Waals surface area (Å²) in [6.45, 7) is 4.41. The molecule has 1 saturated heterocycles. The van der Waals surface area contributed by atoms with Crippen molar-refractivity contribution in [2.45, 2.75) is 26.3 Å². The van der Waals surface area contributed by atoms with Crippen molar-refractivity contribution in [3.05, 3.63) is 29.8 Å². The zero-order valence-electron chi connectivity index (χ0n) is 11.8. The minimum absolute atomic E-state index is 0.139. The van der Waals surface area contributed by atoms with Gasteiger partial charge in [0.2, 0.25) is 11.8 Å². The van der Waals surface area contributed by atoms with Crippen molar-refractivity contribution in [3.63, 3.8) is 0 Å². The van der Waals surface area contributed by atoms with Crippen molar-refractivity contribution >= 4 is 11.8 Å². The Hall–Kier alpha value is -1.88. The predicted octanol–water partition coefficient (Wildman–Crippen LogP) is 1.48. The number of hydrogen-bond acceptors (Lipinski definition) is 4. The summed E-state index contributed by atoms with van der Waals surface area (Å²) in [6, 6.07) is 7.01. The number of carbonyl (C=O) groups is 2. The monoisotopic (exact) mass is 276 g/mol. The Morgan fingerprint density at radius 3 is 2.70 bits per heavy atom. The lowest BCUT2D eigenvalue weighted by atomic mass is 10.1. The van der Waals surface area contributed by atoms with E-state index < -0.39 is 6.04 Å². The molecular weight excluding hydrogens is 256 g/mol. The van der Waals surface area contributed by atoms with E-state index in [4.69, 9.17) is 10.5 Å². The van der Waals surface area contributed by atoms with E-state index in [1.165, 1.54) is 4.90 Å². The summed E-state index contributed by atoms with van der Waals surface area (Å²) in [5.41, 5.74) is 6.96. The first-order valence-corrected chi connectivity index (χ1v) is 6.86. The molecule has 1 heterocycles. The van der Waals surface area contributed by atoms with Gasteiger partial charge in [-0.15, -0.1) is 0 Å². The van der Waals surface area contributed by atoms with E-state index in [1.807, 2.05) is 31.2 Å². The largest absolute Gasteiger partial charge is 0.494 e. The third-order valence-corrected chi connectivity index (χ3v) is 3.47. The second-order valence-corrected chi connectivity index (χ2v) is 5.03. The molecule has 0 aromatic heterocycles. The van der Waals surface area contributed by atoms with Crippen LogP contribution in [-0.2, 0) is 9.59 Å². The van der Waals surface area contributed by atoms with Crippen LogP contribution in [0.5, 0.6) is 5.75 Å². The quantitative estimate of drug-likeness (QED) is 0.827. The molecule has 2 atom stereocenters. The van der Waals surface area contributed by atoms with Gasteiger partial charge < -0.3 is 10.5 Å². The van der Waals surface area contributed by atoms with Crippen LogP contribution >= 0.6 is 0 Å². The van der Waals surface area contributed by atoms with Crippen molar-refractivity contribution < 1.29 is 14.3 Å². The van der Waals surface area contributed by atoms with Gasteiger partial charge in [0, 0.05) is 24.4 Å². The summed E-state index contributed by atoms with van der Waals surface area (Å²) in [5, 5.41) is 0. The maximum atomic E-state index is 11.9. The van der Waals surface area contributed by atoms with Gasteiger partial charge in [-0.2, -0.15) is 0 Å². The second kappa shape index (κ2) is 6.05. The minimum atomic E-state index is -0.434. The number of ether oxygens (including phenoxy) is 1. The van der Waals surface area contributed by atoms with Gasteiger partial charge in [0.15, 0.2) is 0 Å². The molecule has 1 aromatic rings. The standard InChI is InChI=1S/C15H20N2O3/c1-3-20-13-7-5-4-6-11(13)12(16)9-17-14(18)8-10(2)15(17)19/h4-7,10,12H,3,8-9,16H2,1-2H3. The lowest BCUT2D eigenvalue weighted by Crippen LogP contribution is -2.37. The van der Waals surface area contributed by atoms with E-state index in [0.29, 0.717) is 12.4 Å². The average Bonchev–Trinajstić information content (AvgIpc) is 2.66. The third kappa shape index (κ3) is 2.82. The number of carbonyl (C=O) groups excluding carboxylic acids is 2. The van der Waals surface area contributed by atoms with E-state index in [9.17, 15) is 9.59 Å². The topological polar surface area (TPSA) is 72.6 Å². The van der Waals surface area contributed by atoms with Crippen LogP contribution < -0.4 is 10.5 Å². The fourth-order valence-corrected chi connectivity index (χ4v) is 2.41. The van der Waals surface area contributed by atoms with Crippen molar-refractivity contribution in [1.29, 1.82) is 0 Å². The Bertz CT molecular complexity index is 516. The van der Waals surface area contributed by atoms with E-state index in [-0.39, 0.29) is 30.7 Å². The molecule has 0 saturated carbocycles. The first-order valence-electron chi connectivity index (χ1n) is 6.86. The Balaban J connectivity index is 2.14. The normalized spacial score (nSPS) is 20.4. The van der Waals surface area contributed by atoms with Crippen molar-refractivity contribution in [3.8, 4) is 5.75 Å². The highest BCUT2D eigenvalue weighted by Crippen LogP contribution is 2.27. The summed E-state index contributed by atoms with van der Waals surface area (Å²) < 4.78 is 5.53. The highest BCUT2D eigenvalue weighted by Gasteiger charge is 2.36. The van der Waals surface area contributed by atoms with Gasteiger partial charge in [-0.25, -0.2) is 0 Å². The number of hydrogen-bond donors (Lipinski definition) is 1. The summed E-state index contributed by atoms with van der Waals surface area (Å²) >= 11 is 0. The Kier molecular flexibility index (Phi) is 4.39. The van der Waals surface area contributed by atoms with Crippen LogP contribution in [0.4, 0.5) is 0 Å². The number of benzene rings is 1. The maximum Gasteiger partial charge on any atom is 0.232 e. The molecular formula is C15H20N2O3. The molecule has 1 aromatic carbocycles. The zero-order valence-corrected chi connectivity index (χ0v) is 11.8. The lowest BCUT2D eigenvalue weighted by molar-refractivity contribution is -0.139. The number of para-hydroxylation sites is 1. The molecule has 1 aliphatic rings. The molecule has 2 unspecified atom stereocenters. The van der Waals surface area contributed by atoms with E-state index >= 15 is 0 Å². The molecule has 2 rings (SSSR count). The molecule has 2 amide bonds. The number of rotatable bonds is 5. The van der Waals surface area contributed by atoms with Crippen LogP contribution in [0.3, 0.4) is 0 Å². The number of nitrogens with two attached hydrogens (primary N) is 1. The fourth-order valence-electron chi connectivity index (χ4n) is 2.41. The number of imide groups is 1. The van der Waals surface area contributed by atoms with Gasteiger partial charge in [-0.05, 0) is 13.0 Å². The van der Waals surface area contributed by atoms with E-state index in [2.05, 4.69) is 0 Å². The second-order valence-electron chi connectivity index (χ2n) is 5.03. The predicted molar refractivity (Wildman–Crippen MR) is 75.0 cm³/mol. The van der Waals surface area contributed by atoms with Crippen molar-refractivity contribution in [2.24, 2.45) is 11.7 Å². The molecule has 5 heteroatoms. The Morgan fingerprint density at radius 2 is 2.10 bits per heavy atom. The smallest absolute Gasteiger partial charge is 0.232 e. The molecule has 0 aliphatic carbocycles. The summed E-state index contributed by atoms with van der Waals surface area (Å²) in [4.78, 5) is 25.0. The first-order chi connectivity index (χ1) is 9.54. The third-order valence-electron chi connectivity index (χ3n) is 3.47. The minimum Gasteiger partial charge on any atom is -0.494 e. The van der Waals surface area contributed by atoms with Gasteiger partial charge in [0.25, 0.3) is 0 Å². The van der Waals surface area contributed by atoms with Gasteiger partial charge >= 0.3 is 0 Å². The zero-order chi connectivity index (χ0) is 14.7. The fraction of sp³-hybridized carbons (Fsp3) is 0.467. The number of nitrogens with zero attached hydrogens (tertiary/aromatic N) is 1. The van der Waals surface area contributed by atoms with Crippen LogP contribution in [0, 0.1) is 5.92 Å². The Morgan fingerprint density at radius 1 is 1.40 bits per heavy atom. The van der Waals surface area contributed by atoms with Crippen LogP contribution in [0.2, 0.25) is 0 Å². The Labute approximate surface area is 118 Å². The van der Waals surface area contributed by atoms with Gasteiger partial charge in [0.05, 0.1) is 12.6 Å². The molecule has 0 radical (unpaired) electrons. The van der Waals surface area contributed by atoms with Gasteiger partial charge in [-0.3, -0.25) is 14.5 Å². The van der Waals surface area contributed by atoms with Gasteiger partial charge in [-0.1, -0.05) is 25.1 Å². The summed E-state index contributed by atoms with van der Waals surface area (Å²) in [7, 11) is 0. The van der Waals surface area contributed by atoms with Crippen LogP contribution in [0.15, 0.2) is 24.3 Å². The van der Waals surface area contributed by atoms with Crippen LogP contribution in [0.25, 0.3) is 0 Å². The van der Waals surface area contributed by atoms with E-state index in [0.717, 1.165) is 5.56 Å². The molecule has 0 spiro atoms. The highest BCUT2D eigenvalue weighted by molar-refractivity contribution is 6.03. The van der Waals surface area contributed by atoms with Crippen LogP contribution in [-0.4, -0.2) is 29.9 Å². The summed E-state index contributed by atoms with van der Waals surface area (Å²) in [6.07, 6.45) is 0.276. The van der Waals surface area contributed by atoms with Crippen molar-refractivity contribution in [2.75, 3.05) is 13.2 Å². The molecule has 0 bridgehead atoms. The SMILES string of the molecule is CCOc1ccccc1C(N)CN1C(=O)CC(C)C1=O. The molecule has 108 valence electrons. The molecule has 5 nitrogen and oxygen atoms in total. The highest BCUT2D eigenvalue weighted by atomic mass is 16.5. The summed E-state index contributed by atoms with van der Waals surface area (Å²) in [5.74, 6) is 0.178. The van der Waals surface area contributed by atoms with Gasteiger partial charge in [0.1, 0.15) is 5.75 Å².